The van der Waals surface area contributed by atoms with E-state index >= 15 is 0 Å². The maximum absolute atomic E-state index is 13.1. The molecule has 0 aromatic heterocycles. The van der Waals surface area contributed by atoms with Gasteiger partial charge in [0.05, 0.1) is 0 Å². The molecule has 0 aliphatic rings. The highest BCUT2D eigenvalue weighted by Gasteiger charge is 2.25. The Morgan fingerprint density at radius 2 is 1.87 bits per heavy atom. The molecule has 0 saturated heterocycles. The van der Waals surface area contributed by atoms with Gasteiger partial charge in [0, 0.05) is 0 Å². The summed E-state index contributed by atoms with van der Waals surface area (Å²) >= 11 is 0. The van der Waals surface area contributed by atoms with Crippen molar-refractivity contribution in [3.05, 3.63) is 65.5 Å². The van der Waals surface area contributed by atoms with Crippen LogP contribution in [0.4, 0.5) is 4.39 Å². The summed E-state index contributed by atoms with van der Waals surface area (Å²) in [5.74, 6) is 2.55. The van der Waals surface area contributed by atoms with Crippen molar-refractivity contribution in [1.29, 1.82) is 0 Å². The van der Waals surface area contributed by atoms with Crippen molar-refractivity contribution in [2.75, 3.05) is 0 Å². The van der Waals surface area contributed by atoms with Crippen LogP contribution in [0.25, 0.3) is 0 Å². The largest absolute Gasteiger partial charge is 0.489 e. The number of benzene rings is 2. The summed E-state index contributed by atoms with van der Waals surface area (Å²) in [5.41, 5.74) is 8.20. The van der Waals surface area contributed by atoms with E-state index in [2.05, 4.69) is 0 Å². The molecule has 0 saturated carbocycles. The number of carbonyl (C=O) groups is 2. The minimum absolute atomic E-state index is 0.194. The van der Waals surface area contributed by atoms with Crippen molar-refractivity contribution in [3.63, 3.8) is 0 Å². The highest BCUT2D eigenvalue weighted by atomic mass is 19.1. The van der Waals surface area contributed by atoms with Crippen LogP contribution in [-0.4, -0.2) is 11.8 Å². The third kappa shape index (κ3) is 4.27. The standard InChI is InChI=1S/C16H16FN3O3/c17-12-3-1-2-10(8-12)9-23-13-6-4-11(5-7-13)14(15(18)21)16(22)20-19/h1-8,14H,9,19H2,(H2,18,21)(H,20,22). The molecule has 6 nitrogen and oxygen atoms in total. The summed E-state index contributed by atoms with van der Waals surface area (Å²) in [5, 5.41) is 0. The molecule has 1 atom stereocenters. The molecule has 0 fully saturated rings. The molecule has 0 aliphatic carbocycles. The average molecular weight is 317 g/mol. The second kappa shape index (κ2) is 7.37. The van der Waals surface area contributed by atoms with Crippen LogP contribution in [0, 0.1) is 5.82 Å². The number of hydrazine groups is 1. The topological polar surface area (TPSA) is 107 Å². The lowest BCUT2D eigenvalue weighted by atomic mass is 9.98. The van der Waals surface area contributed by atoms with E-state index < -0.39 is 17.7 Å². The first kappa shape index (κ1) is 16.4. The molecule has 1 unspecified atom stereocenters. The molecule has 2 amide bonds. The van der Waals surface area contributed by atoms with Crippen LogP contribution in [0.2, 0.25) is 0 Å². The van der Waals surface area contributed by atoms with E-state index in [1.54, 1.807) is 36.4 Å². The molecular formula is C16H16FN3O3. The molecule has 7 heteroatoms. The Morgan fingerprint density at radius 1 is 1.17 bits per heavy atom. The highest BCUT2D eigenvalue weighted by Crippen LogP contribution is 2.20. The fraction of sp³-hybridized carbons (Fsp3) is 0.125. The van der Waals surface area contributed by atoms with Crippen LogP contribution in [0.1, 0.15) is 17.0 Å². The van der Waals surface area contributed by atoms with Gasteiger partial charge in [0.2, 0.25) is 5.91 Å². The zero-order chi connectivity index (χ0) is 16.8. The molecule has 0 heterocycles. The summed E-state index contributed by atoms with van der Waals surface area (Å²) in [7, 11) is 0. The normalized spacial score (nSPS) is 11.6. The fourth-order valence-electron chi connectivity index (χ4n) is 2.08. The van der Waals surface area contributed by atoms with E-state index in [0.29, 0.717) is 16.9 Å². The van der Waals surface area contributed by atoms with Crippen LogP contribution in [0.5, 0.6) is 5.75 Å². The second-order valence-electron chi connectivity index (χ2n) is 4.83. The van der Waals surface area contributed by atoms with E-state index in [1.807, 2.05) is 5.43 Å². The number of ether oxygens (including phenoxy) is 1. The second-order valence-corrected chi connectivity index (χ2v) is 4.83. The minimum Gasteiger partial charge on any atom is -0.489 e. The number of carbonyl (C=O) groups excluding carboxylic acids is 2. The third-order valence-electron chi connectivity index (χ3n) is 3.20. The van der Waals surface area contributed by atoms with Crippen molar-refractivity contribution >= 4 is 11.8 Å². The first-order valence-corrected chi connectivity index (χ1v) is 6.78. The average Bonchev–Trinajstić information content (AvgIpc) is 2.54. The molecule has 0 radical (unpaired) electrons. The van der Waals surface area contributed by atoms with Crippen molar-refractivity contribution in [1.82, 2.24) is 5.43 Å². The first-order valence-electron chi connectivity index (χ1n) is 6.78. The predicted octanol–water partition coefficient (Wildman–Crippen LogP) is 0.963. The maximum atomic E-state index is 13.1. The Morgan fingerprint density at radius 3 is 2.43 bits per heavy atom. The molecule has 0 aliphatic heterocycles. The van der Waals surface area contributed by atoms with Crippen molar-refractivity contribution in [2.45, 2.75) is 12.5 Å². The number of hydrogen-bond donors (Lipinski definition) is 3. The number of nitrogens with two attached hydrogens (primary N) is 2. The molecular weight excluding hydrogens is 301 g/mol. The van der Waals surface area contributed by atoms with Gasteiger partial charge < -0.3 is 10.5 Å². The zero-order valence-corrected chi connectivity index (χ0v) is 12.2. The smallest absolute Gasteiger partial charge is 0.250 e. The van der Waals surface area contributed by atoms with Gasteiger partial charge in [-0.2, -0.15) is 0 Å². The van der Waals surface area contributed by atoms with Crippen LogP contribution in [0.3, 0.4) is 0 Å². The number of hydrogen-bond acceptors (Lipinski definition) is 4. The quantitative estimate of drug-likeness (QED) is 0.319. The summed E-state index contributed by atoms with van der Waals surface area (Å²) < 4.78 is 18.6. The summed E-state index contributed by atoms with van der Waals surface area (Å²) in [6.45, 7) is 0.194. The lowest BCUT2D eigenvalue weighted by Crippen LogP contribution is -2.40. The number of amides is 2. The van der Waals surface area contributed by atoms with E-state index in [1.165, 1.54) is 12.1 Å². The van der Waals surface area contributed by atoms with Crippen LogP contribution in [-0.2, 0) is 16.2 Å². The first-order chi connectivity index (χ1) is 11.0. The maximum Gasteiger partial charge on any atom is 0.250 e. The summed E-state index contributed by atoms with van der Waals surface area (Å²) in [6, 6.07) is 12.3. The van der Waals surface area contributed by atoms with Crippen LogP contribution >= 0.6 is 0 Å². The Bertz CT molecular complexity index is 704. The SMILES string of the molecule is NNC(=O)C(C(N)=O)c1ccc(OCc2cccc(F)c2)cc1. The molecule has 0 bridgehead atoms. The lowest BCUT2D eigenvalue weighted by Gasteiger charge is -2.13. The molecule has 0 spiro atoms. The number of rotatable bonds is 6. The van der Waals surface area contributed by atoms with E-state index in [0.717, 1.165) is 0 Å². The molecule has 120 valence electrons. The van der Waals surface area contributed by atoms with E-state index in [9.17, 15) is 14.0 Å². The molecule has 2 aromatic rings. The minimum atomic E-state index is -1.17. The number of nitrogens with one attached hydrogen (secondary N) is 1. The number of halogens is 1. The molecule has 2 rings (SSSR count). The van der Waals surface area contributed by atoms with Crippen LogP contribution in [0.15, 0.2) is 48.5 Å². The Hall–Kier alpha value is -2.93. The lowest BCUT2D eigenvalue weighted by molar-refractivity contribution is -0.130. The van der Waals surface area contributed by atoms with Crippen molar-refractivity contribution in [3.8, 4) is 5.75 Å². The monoisotopic (exact) mass is 317 g/mol. The van der Waals surface area contributed by atoms with Crippen molar-refractivity contribution in [2.24, 2.45) is 11.6 Å². The fourth-order valence-corrected chi connectivity index (χ4v) is 2.08. The van der Waals surface area contributed by atoms with Gasteiger partial charge in [-0.05, 0) is 35.4 Å². The highest BCUT2D eigenvalue weighted by molar-refractivity contribution is 6.04. The van der Waals surface area contributed by atoms with Crippen LogP contribution < -0.4 is 21.7 Å². The number of primary amides is 1. The van der Waals surface area contributed by atoms with Gasteiger partial charge in [-0.15, -0.1) is 0 Å². The van der Waals surface area contributed by atoms with E-state index in [-0.39, 0.29) is 12.4 Å². The summed E-state index contributed by atoms with van der Waals surface area (Å²) in [4.78, 5) is 22.9. The van der Waals surface area contributed by atoms with Gasteiger partial charge >= 0.3 is 0 Å². The van der Waals surface area contributed by atoms with Gasteiger partial charge in [-0.25, -0.2) is 10.2 Å². The van der Waals surface area contributed by atoms with Gasteiger partial charge in [-0.3, -0.25) is 15.0 Å². The van der Waals surface area contributed by atoms with Crippen molar-refractivity contribution < 1.29 is 18.7 Å². The molecule has 5 N–H and O–H groups in total. The molecule has 23 heavy (non-hydrogen) atoms. The summed E-state index contributed by atoms with van der Waals surface area (Å²) in [6.07, 6.45) is 0. The van der Waals surface area contributed by atoms with Gasteiger partial charge in [0.15, 0.2) is 0 Å². The Labute approximate surface area is 132 Å². The third-order valence-corrected chi connectivity index (χ3v) is 3.20. The Balaban J connectivity index is 2.06. The zero-order valence-electron chi connectivity index (χ0n) is 12.2. The van der Waals surface area contributed by atoms with E-state index in [4.69, 9.17) is 16.3 Å². The predicted molar refractivity (Wildman–Crippen MR) is 81.4 cm³/mol. The molecule has 2 aromatic carbocycles. The Kier molecular flexibility index (Phi) is 5.27. The van der Waals surface area contributed by atoms with Gasteiger partial charge in [0.1, 0.15) is 24.1 Å². The van der Waals surface area contributed by atoms with Gasteiger partial charge in [0.25, 0.3) is 5.91 Å². The van der Waals surface area contributed by atoms with Gasteiger partial charge in [-0.1, -0.05) is 24.3 Å².